The number of hydrogen-bond acceptors (Lipinski definition) is 4. The highest BCUT2D eigenvalue weighted by atomic mass is 35.5. The molecule has 1 aromatic rings. The number of rotatable bonds is 5. The lowest BCUT2D eigenvalue weighted by Gasteiger charge is -2.27. The van der Waals surface area contributed by atoms with Gasteiger partial charge in [-0.05, 0) is 18.2 Å². The fraction of sp³-hybridized carbons (Fsp3) is 0.500. The van der Waals surface area contributed by atoms with Crippen LogP contribution in [0.2, 0.25) is 5.02 Å². The molecule has 1 heterocycles. The molecule has 0 radical (unpaired) electrons. The third-order valence-electron chi connectivity index (χ3n) is 3.11. The Labute approximate surface area is 147 Å². The van der Waals surface area contributed by atoms with E-state index in [2.05, 4.69) is 14.9 Å². The minimum Gasteiger partial charge on any atom is -0.314 e. The van der Waals surface area contributed by atoms with Gasteiger partial charge in [-0.2, -0.15) is 0 Å². The number of halogens is 4. The molecule has 0 unspecified atom stereocenters. The van der Waals surface area contributed by atoms with Gasteiger partial charge in [0.25, 0.3) is 0 Å². The molecule has 22 heavy (non-hydrogen) atoms. The second-order valence-corrected chi connectivity index (χ2v) is 6.74. The maximum Gasteiger partial charge on any atom is 0.243 e. The fourth-order valence-electron chi connectivity index (χ4n) is 2.03. The third kappa shape index (κ3) is 6.16. The summed E-state index contributed by atoms with van der Waals surface area (Å²) in [5.74, 6) is -0.802. The summed E-state index contributed by atoms with van der Waals surface area (Å²) in [6.07, 6.45) is 0. The lowest BCUT2D eigenvalue weighted by molar-refractivity contribution is 0.245. The van der Waals surface area contributed by atoms with Crippen molar-refractivity contribution in [1.29, 1.82) is 0 Å². The molecular weight excluding hydrogens is 376 g/mol. The molecule has 0 amide bonds. The van der Waals surface area contributed by atoms with Crippen LogP contribution < -0.4 is 10.0 Å². The molecule has 2 rings (SSSR count). The first-order valence-electron chi connectivity index (χ1n) is 6.37. The van der Waals surface area contributed by atoms with Crippen molar-refractivity contribution in [2.45, 2.75) is 4.90 Å². The summed E-state index contributed by atoms with van der Waals surface area (Å²) in [6, 6.07) is 3.48. The Morgan fingerprint density at radius 2 is 1.91 bits per heavy atom. The van der Waals surface area contributed by atoms with Crippen LogP contribution in [0.1, 0.15) is 0 Å². The second-order valence-electron chi connectivity index (χ2n) is 4.56. The summed E-state index contributed by atoms with van der Waals surface area (Å²) in [5, 5.41) is 3.41. The van der Waals surface area contributed by atoms with Gasteiger partial charge in [0.1, 0.15) is 10.7 Å². The van der Waals surface area contributed by atoms with E-state index in [0.29, 0.717) is 6.54 Å². The first-order valence-corrected chi connectivity index (χ1v) is 8.23. The SMILES string of the molecule is Cl.Cl.O=S(=O)(NCCN1CCNCC1)c1cc(Cl)ccc1F. The normalized spacial score (nSPS) is 15.7. The molecule has 5 nitrogen and oxygen atoms in total. The molecule has 0 bridgehead atoms. The zero-order chi connectivity index (χ0) is 14.6. The van der Waals surface area contributed by atoms with Crippen LogP contribution in [0.3, 0.4) is 0 Å². The van der Waals surface area contributed by atoms with Gasteiger partial charge in [0.2, 0.25) is 10.0 Å². The van der Waals surface area contributed by atoms with Crippen molar-refractivity contribution >= 4 is 46.4 Å². The standard InChI is InChI=1S/C12H17ClFN3O2S.2ClH/c13-10-1-2-11(14)12(9-10)20(18,19)16-5-8-17-6-3-15-4-7-17;;/h1-2,9,15-16H,3-8H2;2*1H. The first-order chi connectivity index (χ1) is 9.49. The highest BCUT2D eigenvalue weighted by Gasteiger charge is 2.19. The van der Waals surface area contributed by atoms with Crippen molar-refractivity contribution < 1.29 is 12.8 Å². The number of nitrogens with one attached hydrogen (secondary N) is 2. The van der Waals surface area contributed by atoms with Crippen LogP contribution in [-0.2, 0) is 10.0 Å². The molecule has 10 heteroatoms. The summed E-state index contributed by atoms with van der Waals surface area (Å²) >= 11 is 5.70. The monoisotopic (exact) mass is 393 g/mol. The van der Waals surface area contributed by atoms with Crippen LogP contribution in [0.4, 0.5) is 4.39 Å². The van der Waals surface area contributed by atoms with Crippen LogP contribution in [0.25, 0.3) is 0 Å². The van der Waals surface area contributed by atoms with Gasteiger partial charge in [0, 0.05) is 44.3 Å². The maximum absolute atomic E-state index is 13.6. The van der Waals surface area contributed by atoms with Crippen molar-refractivity contribution in [2.75, 3.05) is 39.3 Å². The van der Waals surface area contributed by atoms with E-state index in [1.165, 1.54) is 6.07 Å². The topological polar surface area (TPSA) is 61.4 Å². The van der Waals surface area contributed by atoms with E-state index in [9.17, 15) is 12.8 Å². The van der Waals surface area contributed by atoms with Crippen LogP contribution in [0.15, 0.2) is 23.1 Å². The molecule has 1 aliphatic heterocycles. The van der Waals surface area contributed by atoms with Gasteiger partial charge in [-0.3, -0.25) is 4.90 Å². The van der Waals surface area contributed by atoms with E-state index in [1.807, 2.05) is 0 Å². The van der Waals surface area contributed by atoms with E-state index in [-0.39, 0.29) is 36.4 Å². The molecule has 1 aromatic carbocycles. The molecular formula is C12H19Cl3FN3O2S. The van der Waals surface area contributed by atoms with Crippen molar-refractivity contribution in [3.8, 4) is 0 Å². The molecule has 1 aliphatic rings. The molecule has 0 atom stereocenters. The predicted octanol–water partition coefficient (Wildman–Crippen LogP) is 1.51. The Balaban J connectivity index is 0.00000220. The fourth-order valence-corrected chi connectivity index (χ4v) is 3.39. The Bertz CT molecular complexity index is 569. The molecule has 0 spiro atoms. The van der Waals surface area contributed by atoms with Gasteiger partial charge in [-0.1, -0.05) is 11.6 Å². The van der Waals surface area contributed by atoms with Crippen LogP contribution in [0.5, 0.6) is 0 Å². The van der Waals surface area contributed by atoms with Crippen LogP contribution >= 0.6 is 36.4 Å². The largest absolute Gasteiger partial charge is 0.314 e. The Hall–Kier alpha value is -0.150. The van der Waals surface area contributed by atoms with Crippen LogP contribution in [-0.4, -0.2) is 52.6 Å². The van der Waals surface area contributed by atoms with E-state index in [4.69, 9.17) is 11.6 Å². The van der Waals surface area contributed by atoms with Crippen molar-refractivity contribution in [2.24, 2.45) is 0 Å². The second kappa shape index (κ2) is 9.87. The zero-order valence-electron chi connectivity index (χ0n) is 11.7. The van der Waals surface area contributed by atoms with E-state index < -0.39 is 20.7 Å². The summed E-state index contributed by atoms with van der Waals surface area (Å²) in [6.45, 7) is 4.41. The lowest BCUT2D eigenvalue weighted by Crippen LogP contribution is -2.46. The maximum atomic E-state index is 13.6. The predicted molar refractivity (Wildman–Crippen MR) is 90.4 cm³/mol. The molecule has 0 saturated carbocycles. The quantitative estimate of drug-likeness (QED) is 0.795. The van der Waals surface area contributed by atoms with Crippen molar-refractivity contribution in [3.05, 3.63) is 29.0 Å². The minimum absolute atomic E-state index is 0. The summed E-state index contributed by atoms with van der Waals surface area (Å²) < 4.78 is 40.0. The molecule has 1 fully saturated rings. The summed E-state index contributed by atoms with van der Waals surface area (Å²) in [4.78, 5) is 1.73. The summed E-state index contributed by atoms with van der Waals surface area (Å²) in [5.41, 5.74) is 0. The minimum atomic E-state index is -3.87. The van der Waals surface area contributed by atoms with Gasteiger partial charge in [0.15, 0.2) is 0 Å². The first kappa shape index (κ1) is 21.9. The number of hydrogen-bond donors (Lipinski definition) is 2. The van der Waals surface area contributed by atoms with Crippen molar-refractivity contribution in [1.82, 2.24) is 14.9 Å². The summed E-state index contributed by atoms with van der Waals surface area (Å²) in [7, 11) is -3.87. The smallest absolute Gasteiger partial charge is 0.243 e. The van der Waals surface area contributed by atoms with Gasteiger partial charge in [-0.15, -0.1) is 24.8 Å². The Morgan fingerprint density at radius 3 is 2.55 bits per heavy atom. The van der Waals surface area contributed by atoms with E-state index >= 15 is 0 Å². The average molecular weight is 395 g/mol. The number of piperazine rings is 1. The average Bonchev–Trinajstić information content (AvgIpc) is 2.42. The molecule has 0 aromatic heterocycles. The van der Waals surface area contributed by atoms with Crippen molar-refractivity contribution in [3.63, 3.8) is 0 Å². The van der Waals surface area contributed by atoms with E-state index in [1.54, 1.807) is 0 Å². The van der Waals surface area contributed by atoms with Crippen LogP contribution in [0, 0.1) is 5.82 Å². The molecule has 128 valence electrons. The van der Waals surface area contributed by atoms with Gasteiger partial charge < -0.3 is 5.32 Å². The third-order valence-corrected chi connectivity index (χ3v) is 4.82. The number of benzene rings is 1. The Morgan fingerprint density at radius 1 is 1.27 bits per heavy atom. The molecule has 1 saturated heterocycles. The van der Waals surface area contributed by atoms with Gasteiger partial charge >= 0.3 is 0 Å². The number of nitrogens with zero attached hydrogens (tertiary/aromatic N) is 1. The Kier molecular flexibility index (Phi) is 9.80. The van der Waals surface area contributed by atoms with E-state index in [0.717, 1.165) is 38.3 Å². The highest BCUT2D eigenvalue weighted by molar-refractivity contribution is 7.89. The van der Waals surface area contributed by atoms with Gasteiger partial charge in [0.05, 0.1) is 0 Å². The lowest BCUT2D eigenvalue weighted by atomic mass is 10.3. The van der Waals surface area contributed by atoms with Gasteiger partial charge in [-0.25, -0.2) is 17.5 Å². The zero-order valence-corrected chi connectivity index (χ0v) is 14.9. The highest BCUT2D eigenvalue weighted by Crippen LogP contribution is 2.19. The molecule has 2 N–H and O–H groups in total. The number of sulfonamides is 1. The molecule has 0 aliphatic carbocycles.